The van der Waals surface area contributed by atoms with Crippen molar-refractivity contribution < 1.29 is 9.90 Å². The van der Waals surface area contributed by atoms with Crippen LogP contribution in [0.3, 0.4) is 0 Å². The van der Waals surface area contributed by atoms with Gasteiger partial charge in [-0.2, -0.15) is 9.97 Å². The number of rotatable bonds is 2. The first kappa shape index (κ1) is 12.3. The molecule has 0 radical (unpaired) electrons. The third kappa shape index (κ3) is 2.29. The fourth-order valence-corrected chi connectivity index (χ4v) is 2.36. The van der Waals surface area contributed by atoms with Gasteiger partial charge in [0.05, 0.1) is 0 Å². The summed E-state index contributed by atoms with van der Waals surface area (Å²) in [5, 5.41) is 9.11. The molecule has 1 aromatic rings. The smallest absolute Gasteiger partial charge is 0.227 e. The molecule has 1 aliphatic rings. The molecule has 0 aliphatic carbocycles. The van der Waals surface area contributed by atoms with Crippen LogP contribution in [0.4, 0.5) is 11.6 Å². The van der Waals surface area contributed by atoms with E-state index in [2.05, 4.69) is 9.97 Å². The van der Waals surface area contributed by atoms with E-state index < -0.39 is 0 Å². The van der Waals surface area contributed by atoms with Gasteiger partial charge in [0.1, 0.15) is 5.69 Å². The molecule has 0 spiro atoms. The molecular formula is C9H10Cl2N4O2. The van der Waals surface area contributed by atoms with Crippen molar-refractivity contribution in [2.75, 3.05) is 23.8 Å². The summed E-state index contributed by atoms with van der Waals surface area (Å²) < 4.78 is 0. The van der Waals surface area contributed by atoms with Crippen molar-refractivity contribution >= 4 is 40.7 Å². The normalized spacial score (nSPS) is 20.1. The predicted octanol–water partition coefficient (Wildman–Crippen LogP) is 0.711. The molecule has 1 aromatic heterocycles. The monoisotopic (exact) mass is 276 g/mol. The third-order valence-electron chi connectivity index (χ3n) is 2.55. The molecule has 6 nitrogen and oxygen atoms in total. The molecule has 1 aliphatic heterocycles. The third-order valence-corrected chi connectivity index (χ3v) is 3.08. The Morgan fingerprint density at radius 1 is 1.41 bits per heavy atom. The standard InChI is InChI=1S/C9H10Cl2N4O2/c10-7-6(8(11)14-9(12)13-7)15-2-4(3-16)1-5(15)17/h4,16H,1-3H2,(H2,12,13,14). The number of nitrogens with zero attached hydrogens (tertiary/aromatic N) is 3. The number of halogens is 2. The topological polar surface area (TPSA) is 92.3 Å². The van der Waals surface area contributed by atoms with E-state index in [0.29, 0.717) is 6.54 Å². The van der Waals surface area contributed by atoms with Crippen LogP contribution >= 0.6 is 23.2 Å². The van der Waals surface area contributed by atoms with Crippen molar-refractivity contribution in [3.63, 3.8) is 0 Å². The lowest BCUT2D eigenvalue weighted by Gasteiger charge is -2.18. The van der Waals surface area contributed by atoms with Gasteiger partial charge in [0.2, 0.25) is 11.9 Å². The number of amides is 1. The molecule has 2 rings (SSSR count). The minimum atomic E-state index is -0.166. The van der Waals surface area contributed by atoms with Gasteiger partial charge in [-0.3, -0.25) is 4.79 Å². The molecule has 1 fully saturated rings. The number of carbonyl (C=O) groups excluding carboxylic acids is 1. The molecule has 1 saturated heterocycles. The summed E-state index contributed by atoms with van der Waals surface area (Å²) in [6.07, 6.45) is 0.257. The Labute approximate surface area is 107 Å². The lowest BCUT2D eigenvalue weighted by Crippen LogP contribution is -2.26. The molecule has 17 heavy (non-hydrogen) atoms. The van der Waals surface area contributed by atoms with Crippen LogP contribution in [0, 0.1) is 5.92 Å². The van der Waals surface area contributed by atoms with Gasteiger partial charge in [-0.25, -0.2) is 0 Å². The Morgan fingerprint density at radius 2 is 2.00 bits per heavy atom. The lowest BCUT2D eigenvalue weighted by atomic mass is 10.1. The first-order valence-corrected chi connectivity index (χ1v) is 5.68. The Bertz CT molecular complexity index is 445. The van der Waals surface area contributed by atoms with E-state index >= 15 is 0 Å². The van der Waals surface area contributed by atoms with E-state index in [1.54, 1.807) is 0 Å². The van der Waals surface area contributed by atoms with Gasteiger partial charge in [0.25, 0.3) is 0 Å². The van der Waals surface area contributed by atoms with Crippen molar-refractivity contribution in [1.29, 1.82) is 0 Å². The van der Waals surface area contributed by atoms with Crippen LogP contribution in [0.25, 0.3) is 0 Å². The summed E-state index contributed by atoms with van der Waals surface area (Å²) in [5.74, 6) is -0.331. The average Bonchev–Trinajstić information content (AvgIpc) is 2.59. The Kier molecular flexibility index (Phi) is 3.37. The van der Waals surface area contributed by atoms with Gasteiger partial charge in [-0.15, -0.1) is 0 Å². The molecule has 2 heterocycles. The Hall–Kier alpha value is -1.11. The molecule has 0 saturated carbocycles. The molecule has 3 N–H and O–H groups in total. The number of nitrogen functional groups attached to an aromatic ring is 1. The zero-order valence-corrected chi connectivity index (χ0v) is 10.2. The van der Waals surface area contributed by atoms with E-state index in [-0.39, 0.29) is 46.8 Å². The van der Waals surface area contributed by atoms with Crippen molar-refractivity contribution in [3.05, 3.63) is 10.3 Å². The molecular weight excluding hydrogens is 267 g/mol. The maximum Gasteiger partial charge on any atom is 0.227 e. The summed E-state index contributed by atoms with van der Waals surface area (Å²) in [7, 11) is 0. The maximum atomic E-state index is 11.7. The minimum Gasteiger partial charge on any atom is -0.396 e. The van der Waals surface area contributed by atoms with Gasteiger partial charge in [-0.05, 0) is 0 Å². The molecule has 1 atom stereocenters. The zero-order chi connectivity index (χ0) is 12.6. The second kappa shape index (κ2) is 4.64. The fourth-order valence-electron chi connectivity index (χ4n) is 1.76. The number of anilines is 2. The van der Waals surface area contributed by atoms with Crippen molar-refractivity contribution in [2.24, 2.45) is 5.92 Å². The predicted molar refractivity (Wildman–Crippen MR) is 64.0 cm³/mol. The first-order valence-electron chi connectivity index (χ1n) is 4.92. The molecule has 0 bridgehead atoms. The van der Waals surface area contributed by atoms with Gasteiger partial charge >= 0.3 is 0 Å². The van der Waals surface area contributed by atoms with Crippen LogP contribution in [-0.2, 0) is 4.79 Å². The van der Waals surface area contributed by atoms with E-state index in [9.17, 15) is 4.79 Å². The minimum absolute atomic E-state index is 0.0365. The average molecular weight is 277 g/mol. The Morgan fingerprint density at radius 3 is 2.47 bits per heavy atom. The number of hydrogen-bond donors (Lipinski definition) is 2. The van der Waals surface area contributed by atoms with Gasteiger partial charge in [-0.1, -0.05) is 23.2 Å². The second-order valence-electron chi connectivity index (χ2n) is 3.77. The first-order chi connectivity index (χ1) is 8.02. The number of aliphatic hydroxyl groups excluding tert-OH is 1. The van der Waals surface area contributed by atoms with Crippen molar-refractivity contribution in [2.45, 2.75) is 6.42 Å². The molecule has 8 heteroatoms. The van der Waals surface area contributed by atoms with Gasteiger partial charge < -0.3 is 15.7 Å². The molecule has 92 valence electrons. The number of hydrogen-bond acceptors (Lipinski definition) is 5. The lowest BCUT2D eigenvalue weighted by molar-refractivity contribution is -0.117. The van der Waals surface area contributed by atoms with Gasteiger partial charge in [0.15, 0.2) is 10.3 Å². The largest absolute Gasteiger partial charge is 0.396 e. The van der Waals surface area contributed by atoms with Crippen LogP contribution < -0.4 is 10.6 Å². The molecule has 0 aromatic carbocycles. The highest BCUT2D eigenvalue weighted by Gasteiger charge is 2.33. The Balaban J connectivity index is 2.38. The number of aromatic nitrogens is 2. The highest BCUT2D eigenvalue weighted by Crippen LogP contribution is 2.35. The van der Waals surface area contributed by atoms with E-state index in [1.807, 2.05) is 0 Å². The second-order valence-corrected chi connectivity index (χ2v) is 4.49. The van der Waals surface area contributed by atoms with Crippen LogP contribution in [0.5, 0.6) is 0 Å². The van der Waals surface area contributed by atoms with Crippen LogP contribution in [0.15, 0.2) is 0 Å². The van der Waals surface area contributed by atoms with Crippen molar-refractivity contribution in [3.8, 4) is 0 Å². The highest BCUT2D eigenvalue weighted by atomic mass is 35.5. The van der Waals surface area contributed by atoms with E-state index in [4.69, 9.17) is 34.0 Å². The summed E-state index contributed by atoms with van der Waals surface area (Å²) in [4.78, 5) is 20.6. The van der Waals surface area contributed by atoms with Crippen molar-refractivity contribution in [1.82, 2.24) is 9.97 Å². The SMILES string of the molecule is Nc1nc(Cl)c(N2CC(CO)CC2=O)c(Cl)n1. The molecule has 1 unspecified atom stereocenters. The summed E-state index contributed by atoms with van der Waals surface area (Å²) in [5.41, 5.74) is 5.63. The number of nitrogens with two attached hydrogens (primary N) is 1. The quantitative estimate of drug-likeness (QED) is 0.777. The summed E-state index contributed by atoms with van der Waals surface area (Å²) in [6.45, 7) is 0.287. The number of aliphatic hydroxyl groups is 1. The van der Waals surface area contributed by atoms with Gasteiger partial charge in [0, 0.05) is 25.5 Å². The van der Waals surface area contributed by atoms with Crippen LogP contribution in [0.2, 0.25) is 10.3 Å². The zero-order valence-electron chi connectivity index (χ0n) is 8.73. The fraction of sp³-hybridized carbons (Fsp3) is 0.444. The van der Waals surface area contributed by atoms with Crippen LogP contribution in [0.1, 0.15) is 6.42 Å². The number of carbonyl (C=O) groups is 1. The maximum absolute atomic E-state index is 11.7. The van der Waals surface area contributed by atoms with Crippen LogP contribution in [-0.4, -0.2) is 34.1 Å². The summed E-state index contributed by atoms with van der Waals surface area (Å²) in [6, 6.07) is 0. The molecule has 1 amide bonds. The summed E-state index contributed by atoms with van der Waals surface area (Å²) >= 11 is 11.8. The van der Waals surface area contributed by atoms with E-state index in [1.165, 1.54) is 4.90 Å². The van der Waals surface area contributed by atoms with E-state index in [0.717, 1.165) is 0 Å². The highest BCUT2D eigenvalue weighted by molar-refractivity contribution is 6.38.